The van der Waals surface area contributed by atoms with Gasteiger partial charge in [-0.3, -0.25) is 0 Å². The largest absolute Gasteiger partial charge is 0.363 e. The quantitative estimate of drug-likeness (QED) is 0.357. The number of thiocarbonyl (C=S) groups is 1. The van der Waals surface area contributed by atoms with Crippen LogP contribution in [-0.4, -0.2) is 47.8 Å². The molecule has 0 unspecified atom stereocenters. The first kappa shape index (κ1) is 24.7. The van der Waals surface area contributed by atoms with Crippen LogP contribution in [0.3, 0.4) is 0 Å². The number of nitrogens with zero attached hydrogens (tertiary/aromatic N) is 3. The highest BCUT2D eigenvalue weighted by Crippen LogP contribution is 2.29. The molecule has 2 aliphatic rings. The highest BCUT2D eigenvalue weighted by molar-refractivity contribution is 7.80. The van der Waals surface area contributed by atoms with Crippen molar-refractivity contribution < 1.29 is 0 Å². The number of hydrogen-bond acceptors (Lipinski definition) is 5. The number of rotatable bonds is 9. The van der Waals surface area contributed by atoms with Crippen molar-refractivity contribution in [2.45, 2.75) is 82.7 Å². The first-order valence-electron chi connectivity index (χ1n) is 13.0. The fourth-order valence-electron chi connectivity index (χ4n) is 5.11. The van der Waals surface area contributed by atoms with Gasteiger partial charge in [0.25, 0.3) is 0 Å². The Morgan fingerprint density at radius 1 is 0.971 bits per heavy atom. The molecule has 1 heterocycles. The molecule has 1 saturated carbocycles. The number of aryl methyl sites for hydroxylation is 2. The molecule has 0 amide bonds. The number of anilines is 2. The van der Waals surface area contributed by atoms with E-state index in [0.717, 1.165) is 74.8 Å². The predicted molar refractivity (Wildman–Crippen MR) is 146 cm³/mol. The summed E-state index contributed by atoms with van der Waals surface area (Å²) < 4.78 is 0. The Bertz CT molecular complexity index is 924. The molecule has 0 spiro atoms. The summed E-state index contributed by atoms with van der Waals surface area (Å²) in [5.74, 6) is 1.89. The molecule has 184 valence electrons. The molecule has 0 saturated heterocycles. The van der Waals surface area contributed by atoms with Gasteiger partial charge in [-0.25, -0.2) is 4.98 Å². The van der Waals surface area contributed by atoms with E-state index in [9.17, 15) is 0 Å². The highest BCUT2D eigenvalue weighted by Gasteiger charge is 2.24. The third kappa shape index (κ3) is 7.05. The average Bonchev–Trinajstić information content (AvgIpc) is 2.85. The van der Waals surface area contributed by atoms with Crippen molar-refractivity contribution in [3.8, 4) is 0 Å². The van der Waals surface area contributed by atoms with Gasteiger partial charge in [-0.2, -0.15) is 4.98 Å². The molecule has 1 aromatic heterocycles. The summed E-state index contributed by atoms with van der Waals surface area (Å²) in [5, 5.41) is 11.4. The van der Waals surface area contributed by atoms with E-state index in [0.29, 0.717) is 12.1 Å². The summed E-state index contributed by atoms with van der Waals surface area (Å²) in [6.07, 6.45) is 12.5. The van der Waals surface area contributed by atoms with Crippen molar-refractivity contribution >= 4 is 29.1 Å². The Morgan fingerprint density at radius 2 is 1.71 bits per heavy atom. The van der Waals surface area contributed by atoms with Crippen molar-refractivity contribution in [1.29, 1.82) is 0 Å². The van der Waals surface area contributed by atoms with E-state index in [1.54, 1.807) is 0 Å². The number of unbranched alkanes of at least 4 members (excludes halogenated alkanes) is 1. The maximum Gasteiger partial charge on any atom is 0.225 e. The summed E-state index contributed by atoms with van der Waals surface area (Å²) in [7, 11) is 4.16. The molecule has 0 bridgehead atoms. The van der Waals surface area contributed by atoms with Gasteiger partial charge in [0.1, 0.15) is 5.82 Å². The van der Waals surface area contributed by atoms with Crippen molar-refractivity contribution in [2.24, 2.45) is 0 Å². The first-order valence-corrected chi connectivity index (χ1v) is 13.4. The van der Waals surface area contributed by atoms with Gasteiger partial charge in [0.05, 0.1) is 5.69 Å². The number of nitrogens with one attached hydrogen (secondary N) is 3. The van der Waals surface area contributed by atoms with Gasteiger partial charge in [0, 0.05) is 38.3 Å². The molecule has 4 rings (SSSR count). The fourth-order valence-corrected chi connectivity index (χ4v) is 5.38. The minimum Gasteiger partial charge on any atom is -0.363 e. The van der Waals surface area contributed by atoms with Crippen LogP contribution < -0.4 is 20.9 Å². The molecule has 1 aromatic carbocycles. The Kier molecular flexibility index (Phi) is 8.97. The van der Waals surface area contributed by atoms with E-state index < -0.39 is 0 Å². The second-order valence-electron chi connectivity index (χ2n) is 9.93. The van der Waals surface area contributed by atoms with Crippen LogP contribution in [0.4, 0.5) is 11.8 Å². The van der Waals surface area contributed by atoms with E-state index in [1.807, 2.05) is 0 Å². The Hall–Kier alpha value is -2.41. The number of hydrogen-bond donors (Lipinski definition) is 3. The van der Waals surface area contributed by atoms with Crippen LogP contribution in [0, 0.1) is 0 Å². The SMILES string of the molecule is CN(C)c1nc(NC2CCC(NC(=S)NCCCCc3ccccc3)CC2)nc2c1CCCC2. The standard InChI is InChI=1S/C27H40N6S/c1-33(2)25-23-13-6-7-14-24(23)31-26(32-25)29-21-15-17-22(18-16-21)30-27(34)28-19-9-8-12-20-10-4-3-5-11-20/h3-5,10-11,21-22H,6-9,12-19H2,1-2H3,(H2,28,30,34)(H,29,31,32). The summed E-state index contributed by atoms with van der Waals surface area (Å²) in [5.41, 5.74) is 3.99. The second-order valence-corrected chi connectivity index (χ2v) is 10.3. The maximum atomic E-state index is 5.55. The van der Waals surface area contributed by atoms with Crippen molar-refractivity contribution in [2.75, 3.05) is 30.9 Å². The van der Waals surface area contributed by atoms with Crippen molar-refractivity contribution in [1.82, 2.24) is 20.6 Å². The minimum absolute atomic E-state index is 0.425. The topological polar surface area (TPSA) is 65.1 Å². The molecule has 34 heavy (non-hydrogen) atoms. The lowest BCUT2D eigenvalue weighted by Gasteiger charge is -2.31. The predicted octanol–water partition coefficient (Wildman–Crippen LogP) is 4.63. The van der Waals surface area contributed by atoms with E-state index >= 15 is 0 Å². The molecule has 0 atom stereocenters. The monoisotopic (exact) mass is 480 g/mol. The Balaban J connectivity index is 1.16. The lowest BCUT2D eigenvalue weighted by atomic mass is 9.91. The van der Waals surface area contributed by atoms with Gasteiger partial charge >= 0.3 is 0 Å². The Morgan fingerprint density at radius 3 is 2.47 bits per heavy atom. The van der Waals surface area contributed by atoms with Gasteiger partial charge in [-0.15, -0.1) is 0 Å². The van der Waals surface area contributed by atoms with Gasteiger partial charge in [-0.05, 0) is 88.4 Å². The van der Waals surface area contributed by atoms with Crippen molar-refractivity contribution in [3.05, 3.63) is 47.2 Å². The molecule has 2 aromatic rings. The summed E-state index contributed by atoms with van der Waals surface area (Å²) in [6, 6.07) is 11.6. The van der Waals surface area contributed by atoms with E-state index in [4.69, 9.17) is 22.2 Å². The lowest BCUT2D eigenvalue weighted by molar-refractivity contribution is 0.385. The van der Waals surface area contributed by atoms with Crippen LogP contribution in [0.5, 0.6) is 0 Å². The van der Waals surface area contributed by atoms with E-state index in [-0.39, 0.29) is 0 Å². The summed E-state index contributed by atoms with van der Waals surface area (Å²) >= 11 is 5.55. The van der Waals surface area contributed by atoms with Crippen LogP contribution in [0.15, 0.2) is 30.3 Å². The van der Waals surface area contributed by atoms with Crippen molar-refractivity contribution in [3.63, 3.8) is 0 Å². The molecule has 2 aliphatic carbocycles. The van der Waals surface area contributed by atoms with E-state index in [1.165, 1.54) is 36.1 Å². The molecule has 7 heteroatoms. The van der Waals surface area contributed by atoms with Gasteiger partial charge in [0.2, 0.25) is 5.95 Å². The lowest BCUT2D eigenvalue weighted by Crippen LogP contribution is -2.45. The fraction of sp³-hybridized carbons (Fsp3) is 0.593. The molecule has 3 N–H and O–H groups in total. The van der Waals surface area contributed by atoms with Crippen LogP contribution in [0.2, 0.25) is 0 Å². The molecule has 0 aliphatic heterocycles. The van der Waals surface area contributed by atoms with Crippen LogP contribution in [0.1, 0.15) is 68.2 Å². The van der Waals surface area contributed by atoms with Gasteiger partial charge < -0.3 is 20.9 Å². The third-order valence-corrected chi connectivity index (χ3v) is 7.26. The van der Waals surface area contributed by atoms with E-state index in [2.05, 4.69) is 65.3 Å². The van der Waals surface area contributed by atoms with Crippen LogP contribution in [0.25, 0.3) is 0 Å². The number of aromatic nitrogens is 2. The maximum absolute atomic E-state index is 5.55. The Labute approximate surface area is 210 Å². The molecule has 0 radical (unpaired) electrons. The van der Waals surface area contributed by atoms with Gasteiger partial charge in [-0.1, -0.05) is 30.3 Å². The third-order valence-electron chi connectivity index (χ3n) is 7.00. The molecule has 6 nitrogen and oxygen atoms in total. The summed E-state index contributed by atoms with van der Waals surface area (Å²) in [4.78, 5) is 11.9. The summed E-state index contributed by atoms with van der Waals surface area (Å²) in [6.45, 7) is 0.930. The smallest absolute Gasteiger partial charge is 0.225 e. The van der Waals surface area contributed by atoms with Crippen LogP contribution in [-0.2, 0) is 19.3 Å². The number of fused-ring (bicyclic) bond motifs is 1. The van der Waals surface area contributed by atoms with Crippen LogP contribution >= 0.6 is 12.2 Å². The zero-order valence-electron chi connectivity index (χ0n) is 20.8. The zero-order chi connectivity index (χ0) is 23.8. The first-order chi connectivity index (χ1) is 16.6. The normalized spacial score (nSPS) is 19.7. The molecular weight excluding hydrogens is 440 g/mol. The molecular formula is C27H40N6S. The zero-order valence-corrected chi connectivity index (χ0v) is 21.6. The average molecular weight is 481 g/mol. The number of benzene rings is 1. The molecule has 1 fully saturated rings. The highest BCUT2D eigenvalue weighted by atomic mass is 32.1. The minimum atomic E-state index is 0.425. The second kappa shape index (κ2) is 12.3. The van der Waals surface area contributed by atoms with Gasteiger partial charge in [0.15, 0.2) is 5.11 Å².